The summed E-state index contributed by atoms with van der Waals surface area (Å²) in [5.41, 5.74) is 1.54. The van der Waals surface area contributed by atoms with Crippen molar-refractivity contribution >= 4 is 35.1 Å². The largest absolute Gasteiger partial charge is 0.325 e. The van der Waals surface area contributed by atoms with Crippen LogP contribution in [0.25, 0.3) is 5.69 Å². The summed E-state index contributed by atoms with van der Waals surface area (Å²) in [5.74, 6) is -0.948. The zero-order chi connectivity index (χ0) is 21.6. The number of benzene rings is 2. The van der Waals surface area contributed by atoms with Gasteiger partial charge in [0, 0.05) is 0 Å². The number of carbonyl (C=O) groups excluding carboxylic acids is 3. The lowest BCUT2D eigenvalue weighted by atomic mass is 9.92. The molecule has 9 nitrogen and oxygen atoms in total. The molecule has 1 spiro atoms. The van der Waals surface area contributed by atoms with Crippen molar-refractivity contribution in [3.63, 3.8) is 0 Å². The molecule has 10 heteroatoms. The molecule has 1 fully saturated rings. The first-order chi connectivity index (χ1) is 15.0. The number of fused-ring (bicyclic) bond motifs is 2. The lowest BCUT2D eigenvalue weighted by Crippen LogP contribution is -2.43. The van der Waals surface area contributed by atoms with E-state index in [0.29, 0.717) is 29.2 Å². The molecular weight excluding hydrogens is 420 g/mol. The smallest absolute Gasteiger partial charge is 0.323 e. The number of imide groups is 1. The monoisotopic (exact) mass is 436 g/mol. The van der Waals surface area contributed by atoms with E-state index in [1.165, 1.54) is 17.3 Å². The highest BCUT2D eigenvalue weighted by atomic mass is 35.5. The van der Waals surface area contributed by atoms with Crippen molar-refractivity contribution in [2.75, 3.05) is 11.9 Å². The van der Waals surface area contributed by atoms with Crippen LogP contribution in [0.4, 0.5) is 10.5 Å². The van der Waals surface area contributed by atoms with E-state index in [-0.39, 0.29) is 0 Å². The molecule has 2 aliphatic rings. The Morgan fingerprint density at radius 1 is 1.19 bits per heavy atom. The summed E-state index contributed by atoms with van der Waals surface area (Å²) < 4.78 is 1.43. The maximum Gasteiger partial charge on any atom is 0.325 e. The lowest BCUT2D eigenvalue weighted by Gasteiger charge is -2.22. The third kappa shape index (κ3) is 3.05. The highest BCUT2D eigenvalue weighted by Crippen LogP contribution is 2.41. The second-order valence-corrected chi connectivity index (χ2v) is 7.82. The lowest BCUT2D eigenvalue weighted by molar-refractivity contribution is -0.134. The van der Waals surface area contributed by atoms with Gasteiger partial charge in [0.2, 0.25) is 5.91 Å². The fraction of sp³-hybridized carbons (Fsp3) is 0.190. The predicted molar refractivity (Wildman–Crippen MR) is 112 cm³/mol. The molecule has 156 valence electrons. The molecule has 2 N–H and O–H groups in total. The Morgan fingerprint density at radius 3 is 2.84 bits per heavy atom. The molecule has 1 atom stereocenters. The normalized spacial score (nSPS) is 19.6. The Bertz CT molecular complexity index is 1210. The number of anilines is 1. The van der Waals surface area contributed by atoms with Gasteiger partial charge < -0.3 is 10.6 Å². The minimum Gasteiger partial charge on any atom is -0.323 e. The Labute approximate surface area is 182 Å². The average molecular weight is 437 g/mol. The van der Waals surface area contributed by atoms with E-state index in [2.05, 4.69) is 20.7 Å². The van der Waals surface area contributed by atoms with Gasteiger partial charge in [-0.2, -0.15) is 5.10 Å². The summed E-state index contributed by atoms with van der Waals surface area (Å²) in [6.45, 7) is -0.419. The molecule has 0 radical (unpaired) electrons. The molecule has 0 bridgehead atoms. The molecule has 3 aromatic rings. The predicted octanol–water partition coefficient (Wildman–Crippen LogP) is 2.25. The minimum atomic E-state index is -1.10. The Kier molecular flexibility index (Phi) is 4.48. The van der Waals surface area contributed by atoms with Gasteiger partial charge in [-0.05, 0) is 36.1 Å². The Morgan fingerprint density at radius 2 is 2.03 bits per heavy atom. The fourth-order valence-corrected chi connectivity index (χ4v) is 4.50. The summed E-state index contributed by atoms with van der Waals surface area (Å²) in [6, 6.07) is 11.9. The van der Waals surface area contributed by atoms with Gasteiger partial charge in [0.1, 0.15) is 30.4 Å². The van der Waals surface area contributed by atoms with Crippen LogP contribution in [0.1, 0.15) is 17.5 Å². The second kappa shape index (κ2) is 7.21. The van der Waals surface area contributed by atoms with E-state index >= 15 is 0 Å². The van der Waals surface area contributed by atoms with Gasteiger partial charge in [0.15, 0.2) is 0 Å². The summed E-state index contributed by atoms with van der Waals surface area (Å²) in [7, 11) is 0. The van der Waals surface area contributed by atoms with Crippen LogP contribution in [0.3, 0.4) is 0 Å². The number of nitrogens with one attached hydrogen (secondary N) is 2. The third-order valence-corrected chi connectivity index (χ3v) is 5.94. The van der Waals surface area contributed by atoms with E-state index in [4.69, 9.17) is 11.6 Å². The molecule has 1 aliphatic carbocycles. The summed E-state index contributed by atoms with van der Waals surface area (Å²) in [4.78, 5) is 43.5. The third-order valence-electron chi connectivity index (χ3n) is 5.63. The number of hydrogen-bond acceptors (Lipinski definition) is 5. The quantitative estimate of drug-likeness (QED) is 0.610. The standard InChI is InChI=1S/C21H17ClN6O3/c22-15-6-3-7-16(18(15)28-12-23-11-24-28)25-17(29)10-27-19(30)21(26-20(27)31)9-8-13-4-1-2-5-14(13)21/h1-7,11-12H,8-10H2,(H,25,29)(H,26,31). The molecule has 0 saturated carbocycles. The second-order valence-electron chi connectivity index (χ2n) is 7.41. The highest BCUT2D eigenvalue weighted by molar-refractivity contribution is 6.33. The van der Waals surface area contributed by atoms with Gasteiger partial charge >= 0.3 is 6.03 Å². The number of aromatic nitrogens is 3. The first-order valence-corrected chi connectivity index (χ1v) is 10.0. The van der Waals surface area contributed by atoms with Crippen molar-refractivity contribution in [3.8, 4) is 5.69 Å². The van der Waals surface area contributed by atoms with Crippen LogP contribution in [-0.2, 0) is 21.5 Å². The van der Waals surface area contributed by atoms with Crippen LogP contribution in [0, 0.1) is 0 Å². The number of carbonyl (C=O) groups is 3. The topological polar surface area (TPSA) is 109 Å². The van der Waals surface area contributed by atoms with Crippen LogP contribution in [0.15, 0.2) is 55.1 Å². The number of aryl methyl sites for hydroxylation is 1. The van der Waals surface area contributed by atoms with Crippen LogP contribution >= 0.6 is 11.6 Å². The number of nitrogens with zero attached hydrogens (tertiary/aromatic N) is 4. The van der Waals surface area contributed by atoms with Crippen molar-refractivity contribution < 1.29 is 14.4 Å². The van der Waals surface area contributed by atoms with Crippen LogP contribution in [0.2, 0.25) is 5.02 Å². The molecule has 1 unspecified atom stereocenters. The number of para-hydroxylation sites is 1. The van der Waals surface area contributed by atoms with Gasteiger partial charge in [0.05, 0.1) is 10.7 Å². The van der Waals surface area contributed by atoms with E-state index in [1.807, 2.05) is 24.3 Å². The van der Waals surface area contributed by atoms with Crippen molar-refractivity contribution in [1.82, 2.24) is 25.0 Å². The first kappa shape index (κ1) is 19.3. The summed E-state index contributed by atoms with van der Waals surface area (Å²) in [6.07, 6.45) is 3.96. The summed E-state index contributed by atoms with van der Waals surface area (Å²) in [5, 5.41) is 9.95. The van der Waals surface area contributed by atoms with E-state index in [9.17, 15) is 14.4 Å². The Hall–Kier alpha value is -3.72. The minimum absolute atomic E-state index is 0.361. The first-order valence-electron chi connectivity index (χ1n) is 9.65. The van der Waals surface area contributed by atoms with Gasteiger partial charge in [0.25, 0.3) is 5.91 Å². The van der Waals surface area contributed by atoms with Crippen molar-refractivity contribution in [3.05, 3.63) is 71.3 Å². The number of hydrogen-bond donors (Lipinski definition) is 2. The highest BCUT2D eigenvalue weighted by Gasteiger charge is 2.55. The number of amides is 4. The van der Waals surface area contributed by atoms with Crippen molar-refractivity contribution in [2.24, 2.45) is 0 Å². The van der Waals surface area contributed by atoms with Crippen LogP contribution in [-0.4, -0.2) is 44.1 Å². The van der Waals surface area contributed by atoms with Gasteiger partial charge in [-0.25, -0.2) is 14.5 Å². The van der Waals surface area contributed by atoms with Gasteiger partial charge in [-0.3, -0.25) is 14.5 Å². The number of halogens is 1. The molecule has 2 heterocycles. The molecule has 1 aromatic heterocycles. The SMILES string of the molecule is O=C(CN1C(=O)NC2(CCc3ccccc32)C1=O)Nc1cccc(Cl)c1-n1cncn1. The molecule has 1 aliphatic heterocycles. The molecule has 4 amide bonds. The maximum atomic E-state index is 13.2. The van der Waals surface area contributed by atoms with Crippen LogP contribution in [0.5, 0.6) is 0 Å². The van der Waals surface area contributed by atoms with E-state index < -0.39 is 29.9 Å². The molecule has 31 heavy (non-hydrogen) atoms. The zero-order valence-electron chi connectivity index (χ0n) is 16.2. The molecule has 1 saturated heterocycles. The van der Waals surface area contributed by atoms with Crippen molar-refractivity contribution in [2.45, 2.75) is 18.4 Å². The van der Waals surface area contributed by atoms with Gasteiger partial charge in [-0.1, -0.05) is 41.9 Å². The Balaban J connectivity index is 1.38. The number of urea groups is 1. The van der Waals surface area contributed by atoms with Gasteiger partial charge in [-0.15, -0.1) is 0 Å². The molecule has 2 aromatic carbocycles. The van der Waals surface area contributed by atoms with E-state index in [1.54, 1.807) is 18.2 Å². The zero-order valence-corrected chi connectivity index (χ0v) is 17.0. The average Bonchev–Trinajstić information content (AvgIpc) is 3.45. The van der Waals surface area contributed by atoms with Crippen molar-refractivity contribution in [1.29, 1.82) is 0 Å². The summed E-state index contributed by atoms with van der Waals surface area (Å²) >= 11 is 6.28. The molecular formula is C21H17ClN6O3. The maximum absolute atomic E-state index is 13.2. The van der Waals surface area contributed by atoms with E-state index in [0.717, 1.165) is 16.0 Å². The molecule has 5 rings (SSSR count). The number of rotatable bonds is 4. The fourth-order valence-electron chi connectivity index (χ4n) is 4.24. The van der Waals surface area contributed by atoms with Crippen LogP contribution < -0.4 is 10.6 Å².